The highest BCUT2D eigenvalue weighted by molar-refractivity contribution is 7.81. The van der Waals surface area contributed by atoms with Crippen molar-refractivity contribution < 1.29 is 9.53 Å². The van der Waals surface area contributed by atoms with Crippen LogP contribution in [0.5, 0.6) is 0 Å². The van der Waals surface area contributed by atoms with Gasteiger partial charge < -0.3 is 4.74 Å². The molecule has 0 aromatic carbocycles. The third-order valence-corrected chi connectivity index (χ3v) is 5.37. The molecule has 15 heavy (non-hydrogen) atoms. The van der Waals surface area contributed by atoms with E-state index < -0.39 is 0 Å². The van der Waals surface area contributed by atoms with Crippen molar-refractivity contribution in [3.8, 4) is 0 Å². The normalized spacial score (nSPS) is 41.9. The summed E-state index contributed by atoms with van der Waals surface area (Å²) in [6, 6.07) is 0. The Labute approximate surface area is 97.2 Å². The Morgan fingerprint density at radius 2 is 2.13 bits per heavy atom. The fourth-order valence-electron chi connectivity index (χ4n) is 3.50. The molecule has 2 rings (SSSR count). The van der Waals surface area contributed by atoms with Gasteiger partial charge in [-0.2, -0.15) is 12.6 Å². The van der Waals surface area contributed by atoms with Crippen molar-refractivity contribution in [2.24, 2.45) is 16.7 Å². The van der Waals surface area contributed by atoms with Crippen molar-refractivity contribution in [3.05, 3.63) is 0 Å². The van der Waals surface area contributed by atoms with E-state index in [1.54, 1.807) is 0 Å². The van der Waals surface area contributed by atoms with Crippen LogP contribution in [0.15, 0.2) is 0 Å². The van der Waals surface area contributed by atoms with Crippen molar-refractivity contribution in [2.75, 3.05) is 5.75 Å². The molecule has 0 spiro atoms. The number of hydrogen-bond acceptors (Lipinski definition) is 3. The van der Waals surface area contributed by atoms with Crippen molar-refractivity contribution in [3.63, 3.8) is 0 Å². The molecule has 86 valence electrons. The van der Waals surface area contributed by atoms with Gasteiger partial charge in [0.1, 0.15) is 6.10 Å². The van der Waals surface area contributed by atoms with Crippen molar-refractivity contribution in [1.29, 1.82) is 0 Å². The van der Waals surface area contributed by atoms with Crippen molar-refractivity contribution in [1.82, 2.24) is 0 Å². The summed E-state index contributed by atoms with van der Waals surface area (Å²) in [7, 11) is 0. The molecule has 0 heterocycles. The molecule has 2 bridgehead atoms. The number of carbonyl (C=O) groups is 1. The van der Waals surface area contributed by atoms with E-state index >= 15 is 0 Å². The highest BCUT2D eigenvalue weighted by atomic mass is 32.1. The second-order valence-electron chi connectivity index (χ2n) is 5.75. The SMILES string of the molecule is CC1(C)C2CCC1(C)C(OC(=O)CS)C2. The topological polar surface area (TPSA) is 26.3 Å². The average molecular weight is 228 g/mol. The van der Waals surface area contributed by atoms with Crippen LogP contribution in [0, 0.1) is 16.7 Å². The number of carbonyl (C=O) groups excluding carboxylic acids is 1. The lowest BCUT2D eigenvalue weighted by Crippen LogP contribution is -2.38. The zero-order valence-corrected chi connectivity index (χ0v) is 10.6. The van der Waals surface area contributed by atoms with Gasteiger partial charge in [-0.3, -0.25) is 4.79 Å². The molecule has 3 heteroatoms. The standard InChI is InChI=1S/C12H20O2S/c1-11(2)8-4-5-12(11,3)9(6-8)14-10(13)7-15/h8-9,15H,4-7H2,1-3H3. The first-order valence-electron chi connectivity index (χ1n) is 5.72. The fraction of sp³-hybridized carbons (Fsp3) is 0.917. The summed E-state index contributed by atoms with van der Waals surface area (Å²) < 4.78 is 5.52. The lowest BCUT2D eigenvalue weighted by Gasteiger charge is -2.38. The Morgan fingerprint density at radius 3 is 2.53 bits per heavy atom. The predicted molar refractivity (Wildman–Crippen MR) is 63.0 cm³/mol. The van der Waals surface area contributed by atoms with E-state index in [0.717, 1.165) is 12.3 Å². The van der Waals surface area contributed by atoms with Gasteiger partial charge in [0.2, 0.25) is 0 Å². The van der Waals surface area contributed by atoms with Gasteiger partial charge in [0.05, 0.1) is 5.75 Å². The third kappa shape index (κ3) is 1.42. The number of fused-ring (bicyclic) bond motifs is 2. The quantitative estimate of drug-likeness (QED) is 0.581. The van der Waals surface area contributed by atoms with Gasteiger partial charge in [-0.15, -0.1) is 0 Å². The second kappa shape index (κ2) is 3.41. The maximum atomic E-state index is 11.3. The molecule has 0 aliphatic heterocycles. The molecule has 0 amide bonds. The molecule has 3 atom stereocenters. The zero-order chi connectivity index (χ0) is 11.3. The molecular weight excluding hydrogens is 208 g/mol. The predicted octanol–water partition coefficient (Wildman–Crippen LogP) is 2.67. The Kier molecular flexibility index (Phi) is 2.57. The van der Waals surface area contributed by atoms with E-state index in [1.165, 1.54) is 12.8 Å². The maximum absolute atomic E-state index is 11.3. The minimum atomic E-state index is -0.173. The zero-order valence-electron chi connectivity index (χ0n) is 9.75. The smallest absolute Gasteiger partial charge is 0.315 e. The molecule has 0 aromatic rings. The molecule has 3 unspecified atom stereocenters. The van der Waals surface area contributed by atoms with Crippen LogP contribution in [-0.2, 0) is 9.53 Å². The molecule has 2 aliphatic rings. The summed E-state index contributed by atoms with van der Waals surface area (Å²) in [6.45, 7) is 6.91. The lowest BCUT2D eigenvalue weighted by molar-refractivity contribution is -0.153. The van der Waals surface area contributed by atoms with Crippen LogP contribution < -0.4 is 0 Å². The monoisotopic (exact) mass is 228 g/mol. The van der Waals surface area contributed by atoms with E-state index in [1.807, 2.05) is 0 Å². The molecule has 0 saturated heterocycles. The average Bonchev–Trinajstić information content (AvgIpc) is 2.50. The molecule has 0 N–H and O–H groups in total. The number of hydrogen-bond donors (Lipinski definition) is 1. The largest absolute Gasteiger partial charge is 0.461 e. The van der Waals surface area contributed by atoms with Gasteiger partial charge in [-0.05, 0) is 30.6 Å². The summed E-state index contributed by atoms with van der Waals surface area (Å²) in [5.74, 6) is 0.741. The van der Waals surface area contributed by atoms with Gasteiger partial charge in [-0.25, -0.2) is 0 Å². The van der Waals surface area contributed by atoms with Crippen LogP contribution in [0.25, 0.3) is 0 Å². The van der Waals surface area contributed by atoms with E-state index in [2.05, 4.69) is 33.4 Å². The first-order chi connectivity index (χ1) is 6.91. The molecule has 2 saturated carbocycles. The number of rotatable bonds is 2. The minimum absolute atomic E-state index is 0.117. The van der Waals surface area contributed by atoms with Gasteiger partial charge in [0.15, 0.2) is 0 Å². The van der Waals surface area contributed by atoms with Crippen LogP contribution >= 0.6 is 12.6 Å². The second-order valence-corrected chi connectivity index (χ2v) is 6.06. The Balaban J connectivity index is 2.15. The van der Waals surface area contributed by atoms with Gasteiger partial charge in [0, 0.05) is 5.41 Å². The minimum Gasteiger partial charge on any atom is -0.461 e. The van der Waals surface area contributed by atoms with E-state index in [-0.39, 0.29) is 23.2 Å². The number of thiol groups is 1. The highest BCUT2D eigenvalue weighted by Gasteiger charge is 2.62. The van der Waals surface area contributed by atoms with Crippen LogP contribution in [0.1, 0.15) is 40.0 Å². The first-order valence-corrected chi connectivity index (χ1v) is 6.35. The first kappa shape index (κ1) is 11.3. The Bertz CT molecular complexity index is 287. The van der Waals surface area contributed by atoms with Gasteiger partial charge in [0.25, 0.3) is 0 Å². The lowest BCUT2D eigenvalue weighted by atomic mass is 9.70. The molecule has 2 aliphatic carbocycles. The molecule has 2 fully saturated rings. The van der Waals surface area contributed by atoms with Gasteiger partial charge >= 0.3 is 5.97 Å². The third-order valence-electron chi connectivity index (χ3n) is 5.12. The summed E-state index contributed by atoms with van der Waals surface area (Å²) in [5.41, 5.74) is 0.491. The van der Waals surface area contributed by atoms with E-state index in [9.17, 15) is 4.79 Å². The number of ether oxygens (including phenoxy) is 1. The van der Waals surface area contributed by atoms with Crippen molar-refractivity contribution in [2.45, 2.75) is 46.1 Å². The van der Waals surface area contributed by atoms with E-state index in [0.29, 0.717) is 5.41 Å². The van der Waals surface area contributed by atoms with E-state index in [4.69, 9.17) is 4.74 Å². The van der Waals surface area contributed by atoms with Gasteiger partial charge in [-0.1, -0.05) is 20.8 Å². The Hall–Kier alpha value is -0.180. The fourth-order valence-corrected chi connectivity index (χ4v) is 3.58. The molecule has 2 nitrogen and oxygen atoms in total. The Morgan fingerprint density at radius 1 is 1.47 bits per heavy atom. The van der Waals surface area contributed by atoms with Crippen LogP contribution in [0.4, 0.5) is 0 Å². The van der Waals surface area contributed by atoms with Crippen molar-refractivity contribution >= 4 is 18.6 Å². The van der Waals surface area contributed by atoms with Crippen LogP contribution in [-0.4, -0.2) is 17.8 Å². The summed E-state index contributed by atoms with van der Waals surface area (Å²) in [4.78, 5) is 11.3. The molecule has 0 radical (unpaired) electrons. The molecular formula is C12H20O2S. The molecule has 0 aromatic heterocycles. The number of esters is 1. The van der Waals surface area contributed by atoms with Crippen LogP contribution in [0.2, 0.25) is 0 Å². The van der Waals surface area contributed by atoms with Crippen LogP contribution in [0.3, 0.4) is 0 Å². The summed E-state index contributed by atoms with van der Waals surface area (Å²) in [6.07, 6.45) is 3.64. The maximum Gasteiger partial charge on any atom is 0.315 e. The summed E-state index contributed by atoms with van der Waals surface area (Å²) in [5, 5.41) is 0. The highest BCUT2D eigenvalue weighted by Crippen LogP contribution is 2.66. The summed E-state index contributed by atoms with van der Waals surface area (Å²) >= 11 is 3.95.